The van der Waals surface area contributed by atoms with Gasteiger partial charge < -0.3 is 15.2 Å². The van der Waals surface area contributed by atoms with E-state index >= 15 is 0 Å². The molecule has 0 spiro atoms. The van der Waals surface area contributed by atoms with Crippen LogP contribution in [0.4, 0.5) is 0 Å². The summed E-state index contributed by atoms with van der Waals surface area (Å²) in [4.78, 5) is 11.5. The quantitative estimate of drug-likeness (QED) is 0.761. The van der Waals surface area contributed by atoms with Gasteiger partial charge in [-0.25, -0.2) is 0 Å². The van der Waals surface area contributed by atoms with Gasteiger partial charge in [0, 0.05) is 42.3 Å². The monoisotopic (exact) mass is 305 g/mol. The minimum atomic E-state index is -0.851. The fraction of sp³-hybridized carbons (Fsp3) is 0.462. The number of carbonyl (C=O) groups is 1. The first-order valence-electron chi connectivity index (χ1n) is 5.93. The first-order chi connectivity index (χ1) is 9.04. The molecule has 0 radical (unpaired) electrons. The smallest absolute Gasteiger partial charge is 0.220 e. The Bertz CT molecular complexity index is 426. The van der Waals surface area contributed by atoms with Gasteiger partial charge in [0.2, 0.25) is 5.91 Å². The Hall–Kier alpha value is -0.810. The van der Waals surface area contributed by atoms with Gasteiger partial charge in [0.25, 0.3) is 0 Å². The van der Waals surface area contributed by atoms with E-state index in [9.17, 15) is 9.90 Å². The van der Waals surface area contributed by atoms with Crippen LogP contribution in [-0.4, -0.2) is 31.3 Å². The zero-order valence-corrected chi connectivity index (χ0v) is 12.2. The van der Waals surface area contributed by atoms with Crippen molar-refractivity contribution in [3.63, 3.8) is 0 Å². The lowest BCUT2D eigenvalue weighted by Crippen LogP contribution is -2.28. The first kappa shape index (κ1) is 16.2. The highest BCUT2D eigenvalue weighted by Crippen LogP contribution is 2.25. The van der Waals surface area contributed by atoms with Crippen LogP contribution in [0.25, 0.3) is 0 Å². The van der Waals surface area contributed by atoms with Crippen LogP contribution < -0.4 is 5.32 Å². The van der Waals surface area contributed by atoms with E-state index in [0.29, 0.717) is 35.1 Å². The molecule has 0 aliphatic heterocycles. The molecule has 1 aromatic carbocycles. The molecule has 1 amide bonds. The SMILES string of the molecule is COCCCC(=O)NCC(O)c1ccc(Cl)cc1Cl. The molecular weight excluding hydrogens is 289 g/mol. The molecule has 0 aliphatic carbocycles. The Labute approximate surface area is 122 Å². The number of hydrogen-bond donors (Lipinski definition) is 2. The first-order valence-corrected chi connectivity index (χ1v) is 6.69. The number of hydrogen-bond acceptors (Lipinski definition) is 3. The van der Waals surface area contributed by atoms with Crippen LogP contribution in [0.2, 0.25) is 10.0 Å². The molecule has 0 heterocycles. The van der Waals surface area contributed by atoms with E-state index in [-0.39, 0.29) is 12.5 Å². The Morgan fingerprint density at radius 2 is 2.21 bits per heavy atom. The number of amides is 1. The maximum atomic E-state index is 11.5. The predicted molar refractivity (Wildman–Crippen MR) is 75.5 cm³/mol. The maximum Gasteiger partial charge on any atom is 0.220 e. The molecule has 1 rings (SSSR count). The van der Waals surface area contributed by atoms with Crippen molar-refractivity contribution in [1.82, 2.24) is 5.32 Å². The maximum absolute atomic E-state index is 11.5. The molecule has 4 nitrogen and oxygen atoms in total. The molecule has 1 atom stereocenters. The molecule has 0 saturated carbocycles. The number of aliphatic hydroxyl groups excluding tert-OH is 1. The minimum Gasteiger partial charge on any atom is -0.387 e. The second-order valence-corrected chi connectivity index (χ2v) is 4.93. The Morgan fingerprint density at radius 1 is 1.47 bits per heavy atom. The number of methoxy groups -OCH3 is 1. The van der Waals surface area contributed by atoms with Crippen molar-refractivity contribution in [2.24, 2.45) is 0 Å². The van der Waals surface area contributed by atoms with Crippen LogP contribution in [0, 0.1) is 0 Å². The summed E-state index contributed by atoms with van der Waals surface area (Å²) in [7, 11) is 1.59. The zero-order valence-electron chi connectivity index (χ0n) is 10.7. The summed E-state index contributed by atoms with van der Waals surface area (Å²) in [6, 6.07) is 4.85. The molecule has 2 N–H and O–H groups in total. The zero-order chi connectivity index (χ0) is 14.3. The van der Waals surface area contributed by atoms with Crippen molar-refractivity contribution in [2.45, 2.75) is 18.9 Å². The Kier molecular flexibility index (Phi) is 7.16. The summed E-state index contributed by atoms with van der Waals surface area (Å²) in [5.41, 5.74) is 0.545. The van der Waals surface area contributed by atoms with E-state index in [0.717, 1.165) is 0 Å². The van der Waals surface area contributed by atoms with Gasteiger partial charge >= 0.3 is 0 Å². The van der Waals surface area contributed by atoms with Gasteiger partial charge in [-0.3, -0.25) is 4.79 Å². The van der Waals surface area contributed by atoms with Crippen LogP contribution in [0.5, 0.6) is 0 Å². The molecule has 0 aromatic heterocycles. The second kappa shape index (κ2) is 8.38. The van der Waals surface area contributed by atoms with Crippen molar-refractivity contribution < 1.29 is 14.6 Å². The van der Waals surface area contributed by atoms with Gasteiger partial charge in [0.1, 0.15) is 0 Å². The number of aliphatic hydroxyl groups is 1. The molecule has 19 heavy (non-hydrogen) atoms. The van der Waals surface area contributed by atoms with Crippen molar-refractivity contribution in [1.29, 1.82) is 0 Å². The van der Waals surface area contributed by atoms with Crippen LogP contribution in [0.1, 0.15) is 24.5 Å². The van der Waals surface area contributed by atoms with Crippen molar-refractivity contribution in [3.8, 4) is 0 Å². The van der Waals surface area contributed by atoms with Gasteiger partial charge in [0.15, 0.2) is 0 Å². The molecule has 0 fully saturated rings. The molecule has 1 aromatic rings. The number of nitrogens with one attached hydrogen (secondary N) is 1. The summed E-state index contributed by atoms with van der Waals surface area (Å²) in [6.45, 7) is 0.659. The lowest BCUT2D eigenvalue weighted by molar-refractivity contribution is -0.121. The van der Waals surface area contributed by atoms with E-state index < -0.39 is 6.10 Å². The Balaban J connectivity index is 2.42. The number of carbonyl (C=O) groups excluding carboxylic acids is 1. The van der Waals surface area contributed by atoms with Gasteiger partial charge in [0.05, 0.1) is 6.10 Å². The average molecular weight is 306 g/mol. The summed E-state index contributed by atoms with van der Waals surface area (Å²) in [6.07, 6.45) is 0.172. The molecular formula is C13H17Cl2NO3. The average Bonchev–Trinajstić information content (AvgIpc) is 2.36. The van der Waals surface area contributed by atoms with Crippen LogP contribution in [0.15, 0.2) is 18.2 Å². The van der Waals surface area contributed by atoms with Crippen molar-refractivity contribution in [2.75, 3.05) is 20.3 Å². The third-order valence-corrected chi connectivity index (χ3v) is 3.13. The Morgan fingerprint density at radius 3 is 2.84 bits per heavy atom. The van der Waals surface area contributed by atoms with Gasteiger partial charge in [-0.1, -0.05) is 29.3 Å². The largest absolute Gasteiger partial charge is 0.387 e. The van der Waals surface area contributed by atoms with Crippen LogP contribution in [0.3, 0.4) is 0 Å². The van der Waals surface area contributed by atoms with E-state index in [2.05, 4.69) is 5.32 Å². The highest BCUT2D eigenvalue weighted by Gasteiger charge is 2.13. The van der Waals surface area contributed by atoms with E-state index in [1.165, 1.54) is 0 Å². The minimum absolute atomic E-state index is 0.118. The fourth-order valence-electron chi connectivity index (χ4n) is 1.56. The van der Waals surface area contributed by atoms with Crippen LogP contribution in [-0.2, 0) is 9.53 Å². The third kappa shape index (κ3) is 5.78. The molecule has 0 saturated heterocycles. The van der Waals surface area contributed by atoms with E-state index in [1.54, 1.807) is 25.3 Å². The molecule has 0 aliphatic rings. The fourth-order valence-corrected chi connectivity index (χ4v) is 2.09. The highest BCUT2D eigenvalue weighted by molar-refractivity contribution is 6.35. The third-order valence-electron chi connectivity index (χ3n) is 2.57. The number of ether oxygens (including phenoxy) is 1. The highest BCUT2D eigenvalue weighted by atomic mass is 35.5. The van der Waals surface area contributed by atoms with Gasteiger partial charge in [-0.15, -0.1) is 0 Å². The number of halogens is 2. The molecule has 6 heteroatoms. The van der Waals surface area contributed by atoms with E-state index in [1.807, 2.05) is 0 Å². The van der Waals surface area contributed by atoms with Gasteiger partial charge in [-0.05, 0) is 18.6 Å². The summed E-state index contributed by atoms with van der Waals surface area (Å²) in [5, 5.41) is 13.5. The molecule has 0 bridgehead atoms. The lowest BCUT2D eigenvalue weighted by Gasteiger charge is -2.14. The number of benzene rings is 1. The van der Waals surface area contributed by atoms with Crippen LogP contribution >= 0.6 is 23.2 Å². The molecule has 106 valence electrons. The van der Waals surface area contributed by atoms with Gasteiger partial charge in [-0.2, -0.15) is 0 Å². The van der Waals surface area contributed by atoms with E-state index in [4.69, 9.17) is 27.9 Å². The van der Waals surface area contributed by atoms with Crippen molar-refractivity contribution in [3.05, 3.63) is 33.8 Å². The topological polar surface area (TPSA) is 58.6 Å². The number of rotatable bonds is 7. The second-order valence-electron chi connectivity index (χ2n) is 4.08. The van der Waals surface area contributed by atoms with Crippen molar-refractivity contribution >= 4 is 29.1 Å². The normalized spacial score (nSPS) is 12.2. The summed E-state index contributed by atoms with van der Waals surface area (Å²) < 4.78 is 4.85. The lowest BCUT2D eigenvalue weighted by atomic mass is 10.1. The summed E-state index contributed by atoms with van der Waals surface area (Å²) in [5.74, 6) is -0.124. The summed E-state index contributed by atoms with van der Waals surface area (Å²) >= 11 is 11.7. The molecule has 1 unspecified atom stereocenters. The standard InChI is InChI=1S/C13H17Cl2NO3/c1-19-6-2-3-13(18)16-8-12(17)10-5-4-9(14)7-11(10)15/h4-5,7,12,17H,2-3,6,8H2,1H3,(H,16,18). The predicted octanol–water partition coefficient (Wildman–Crippen LogP) is 2.57.